The molecule has 0 aromatic heterocycles. The average molecular weight is 617 g/mol. The van der Waals surface area contributed by atoms with Crippen molar-refractivity contribution in [3.63, 3.8) is 0 Å². The molecule has 6 nitrogen and oxygen atoms in total. The number of rotatable bonds is 18. The molecule has 0 fully saturated rings. The SMILES string of the molecule is CCCCC(CS)C(=O)[O][Sn]([CH3])([O]C(=O)C(CS)CCCC)[O]C(=O)C(CS)CCCC. The standard InChI is InChI=1S/3C7H14O2S.CH3.Sn/c3*1-2-3-4-6(5-10)7(8)9;;/h3*6,10H,2-5H2,1H3,(H,8,9);1H3;/q;;;;+3/p-3. The molecule has 0 bridgehead atoms. The van der Waals surface area contributed by atoms with E-state index in [1.165, 1.54) is 4.94 Å². The third-order valence-electron chi connectivity index (χ3n) is 5.24. The van der Waals surface area contributed by atoms with Crippen LogP contribution < -0.4 is 0 Å². The zero-order valence-electron chi connectivity index (χ0n) is 20.0. The molecule has 3 atom stereocenters. The Bertz CT molecular complexity index is 490. The second-order valence-corrected chi connectivity index (χ2v) is 16.0. The van der Waals surface area contributed by atoms with Crippen molar-refractivity contribution in [2.45, 2.75) is 83.5 Å². The molecular formula is C22H42O6S3Sn. The number of unbranched alkanes of at least 4 members (excludes halogenated alkanes) is 3. The fourth-order valence-corrected chi connectivity index (χ4v) is 8.97. The molecule has 0 aromatic rings. The molecule has 188 valence electrons. The van der Waals surface area contributed by atoms with Gasteiger partial charge in [-0.05, 0) is 0 Å². The van der Waals surface area contributed by atoms with E-state index in [-0.39, 0.29) is 0 Å². The van der Waals surface area contributed by atoms with Gasteiger partial charge in [-0.2, -0.15) is 0 Å². The van der Waals surface area contributed by atoms with Crippen LogP contribution in [-0.2, 0) is 23.6 Å². The van der Waals surface area contributed by atoms with Gasteiger partial charge in [-0.1, -0.05) is 0 Å². The van der Waals surface area contributed by atoms with Crippen LogP contribution in [0.3, 0.4) is 0 Å². The summed E-state index contributed by atoms with van der Waals surface area (Å²) in [4.78, 5) is 40.1. The molecule has 0 heterocycles. The summed E-state index contributed by atoms with van der Waals surface area (Å²) in [7, 11) is 0. The number of thiol groups is 3. The third-order valence-corrected chi connectivity index (χ3v) is 11.5. The van der Waals surface area contributed by atoms with Gasteiger partial charge >= 0.3 is 218 Å². The maximum atomic E-state index is 12.9. The summed E-state index contributed by atoms with van der Waals surface area (Å²) in [6.45, 7) is 6.11. The Morgan fingerprint density at radius 3 is 1.06 bits per heavy atom. The third kappa shape index (κ3) is 12.6. The molecule has 0 saturated heterocycles. The van der Waals surface area contributed by atoms with Gasteiger partial charge in [-0.3, -0.25) is 0 Å². The first-order chi connectivity index (χ1) is 15.2. The first-order valence-electron chi connectivity index (χ1n) is 11.7. The van der Waals surface area contributed by atoms with Crippen LogP contribution in [-0.4, -0.2) is 54.8 Å². The van der Waals surface area contributed by atoms with Crippen LogP contribution in [0, 0.1) is 17.8 Å². The van der Waals surface area contributed by atoms with E-state index in [2.05, 4.69) is 37.9 Å². The number of hydrogen-bond donors (Lipinski definition) is 3. The summed E-state index contributed by atoms with van der Waals surface area (Å²) < 4.78 is 17.1. The van der Waals surface area contributed by atoms with Crippen molar-refractivity contribution < 1.29 is 23.6 Å². The van der Waals surface area contributed by atoms with E-state index in [9.17, 15) is 14.4 Å². The molecule has 0 N–H and O–H groups in total. The maximum absolute atomic E-state index is 12.9. The molecular weight excluding hydrogens is 575 g/mol. The molecule has 0 spiro atoms. The van der Waals surface area contributed by atoms with Crippen molar-refractivity contribution in [2.24, 2.45) is 17.8 Å². The first-order valence-corrected chi connectivity index (χ1v) is 20.0. The second kappa shape index (κ2) is 18.6. The topological polar surface area (TPSA) is 78.9 Å². The predicted molar refractivity (Wildman–Crippen MR) is 140 cm³/mol. The predicted octanol–water partition coefficient (Wildman–Crippen LogP) is 5.39. The van der Waals surface area contributed by atoms with Crippen molar-refractivity contribution in [1.29, 1.82) is 0 Å². The fraction of sp³-hybridized carbons (Fsp3) is 0.864. The molecule has 0 aromatic carbocycles. The Hall–Kier alpha value is 0.259. The van der Waals surface area contributed by atoms with Crippen LogP contribution in [0.2, 0.25) is 4.94 Å². The van der Waals surface area contributed by atoms with Gasteiger partial charge < -0.3 is 0 Å². The molecule has 0 amide bonds. The Labute approximate surface area is 216 Å². The summed E-state index contributed by atoms with van der Waals surface area (Å²) in [5.74, 6) is -1.91. The quantitative estimate of drug-likeness (QED) is 0.141. The molecule has 0 aliphatic carbocycles. The normalized spacial score (nSPS) is 15.8. The summed E-state index contributed by atoms with van der Waals surface area (Å²) >= 11 is 7.97. The zero-order chi connectivity index (χ0) is 24.6. The summed E-state index contributed by atoms with van der Waals surface area (Å²) in [5, 5.41) is 0. The number of hydrogen-bond acceptors (Lipinski definition) is 9. The number of carbonyl (C=O) groups is 3. The van der Waals surface area contributed by atoms with Crippen molar-refractivity contribution >= 4 is 75.4 Å². The van der Waals surface area contributed by atoms with Gasteiger partial charge in [0.15, 0.2) is 0 Å². The molecule has 10 heteroatoms. The molecule has 0 saturated carbocycles. The summed E-state index contributed by atoms with van der Waals surface area (Å²) in [6, 6.07) is 0. The Kier molecular flexibility index (Phi) is 18.7. The van der Waals surface area contributed by atoms with E-state index in [1.807, 2.05) is 20.8 Å². The zero-order valence-corrected chi connectivity index (χ0v) is 25.5. The molecule has 0 aliphatic heterocycles. The van der Waals surface area contributed by atoms with Crippen LogP contribution >= 0.6 is 37.9 Å². The van der Waals surface area contributed by atoms with Crippen LogP contribution in [0.15, 0.2) is 0 Å². The fourth-order valence-electron chi connectivity index (χ4n) is 3.06. The van der Waals surface area contributed by atoms with E-state index >= 15 is 0 Å². The van der Waals surface area contributed by atoms with Crippen molar-refractivity contribution in [2.75, 3.05) is 17.3 Å². The van der Waals surface area contributed by atoms with Crippen LogP contribution in [0.25, 0.3) is 0 Å². The number of carbonyl (C=O) groups excluding carboxylic acids is 3. The van der Waals surface area contributed by atoms with Crippen molar-refractivity contribution in [1.82, 2.24) is 0 Å². The van der Waals surface area contributed by atoms with E-state index in [0.29, 0.717) is 36.5 Å². The van der Waals surface area contributed by atoms with Gasteiger partial charge in [0.05, 0.1) is 0 Å². The first kappa shape index (κ1) is 32.3. The summed E-state index contributed by atoms with van der Waals surface area (Å²) in [5.41, 5.74) is 0. The Morgan fingerprint density at radius 1 is 0.625 bits per heavy atom. The van der Waals surface area contributed by atoms with Crippen LogP contribution in [0.5, 0.6) is 0 Å². The molecule has 0 rings (SSSR count). The second-order valence-electron chi connectivity index (χ2n) is 8.19. The minimum atomic E-state index is -4.86. The van der Waals surface area contributed by atoms with Crippen molar-refractivity contribution in [3.8, 4) is 0 Å². The van der Waals surface area contributed by atoms with Gasteiger partial charge in [-0.25, -0.2) is 0 Å². The molecule has 3 unspecified atom stereocenters. The van der Waals surface area contributed by atoms with E-state index < -0.39 is 55.3 Å². The molecule has 0 aliphatic rings. The van der Waals surface area contributed by atoms with Gasteiger partial charge in [0.2, 0.25) is 0 Å². The van der Waals surface area contributed by atoms with Gasteiger partial charge in [0.1, 0.15) is 0 Å². The Morgan fingerprint density at radius 2 is 0.875 bits per heavy atom. The van der Waals surface area contributed by atoms with Crippen LogP contribution in [0.1, 0.15) is 78.6 Å². The van der Waals surface area contributed by atoms with Gasteiger partial charge in [0.25, 0.3) is 0 Å². The van der Waals surface area contributed by atoms with E-state index in [4.69, 9.17) is 9.22 Å². The average Bonchev–Trinajstić information content (AvgIpc) is 2.74. The summed E-state index contributed by atoms with van der Waals surface area (Å²) in [6.07, 6.45) is 7.21. The minimum absolute atomic E-state index is 0.314. The van der Waals surface area contributed by atoms with E-state index in [1.54, 1.807) is 0 Å². The van der Waals surface area contributed by atoms with Crippen molar-refractivity contribution in [3.05, 3.63) is 0 Å². The molecule has 0 radical (unpaired) electrons. The van der Waals surface area contributed by atoms with E-state index in [0.717, 1.165) is 38.5 Å². The Balaban J connectivity index is 5.60. The van der Waals surface area contributed by atoms with Gasteiger partial charge in [-0.15, -0.1) is 0 Å². The van der Waals surface area contributed by atoms with Crippen LogP contribution in [0.4, 0.5) is 0 Å². The monoisotopic (exact) mass is 618 g/mol. The van der Waals surface area contributed by atoms with Gasteiger partial charge in [0, 0.05) is 0 Å². The molecule has 32 heavy (non-hydrogen) atoms.